The van der Waals surface area contributed by atoms with Crippen molar-refractivity contribution in [1.82, 2.24) is 0 Å². The Bertz CT molecular complexity index is 548. The molecule has 1 aliphatic heterocycles. The first kappa shape index (κ1) is 13.1. The number of nitrogens with zero attached hydrogens (tertiary/aromatic N) is 1. The molecule has 98 valence electrons. The van der Waals surface area contributed by atoms with Crippen LogP contribution in [0.1, 0.15) is 18.9 Å². The van der Waals surface area contributed by atoms with Crippen LogP contribution in [-0.4, -0.2) is 38.8 Å². The van der Waals surface area contributed by atoms with Crippen LogP contribution in [0.15, 0.2) is 29.3 Å². The van der Waals surface area contributed by atoms with E-state index in [4.69, 9.17) is 4.74 Å². The summed E-state index contributed by atoms with van der Waals surface area (Å²) in [6.45, 7) is 1.89. The van der Waals surface area contributed by atoms with Gasteiger partial charge in [-0.2, -0.15) is 0 Å². The molecule has 0 aromatic heterocycles. The molecule has 1 saturated heterocycles. The molecule has 0 amide bonds. The monoisotopic (exact) mass is 267 g/mol. The second kappa shape index (κ2) is 4.72. The van der Waals surface area contributed by atoms with E-state index in [9.17, 15) is 8.42 Å². The van der Waals surface area contributed by atoms with E-state index >= 15 is 0 Å². The maximum atomic E-state index is 11.5. The number of aliphatic imine (C=N–C) groups is 1. The van der Waals surface area contributed by atoms with Gasteiger partial charge in [-0.1, -0.05) is 0 Å². The van der Waals surface area contributed by atoms with Gasteiger partial charge in [-0.25, -0.2) is 8.42 Å². The zero-order valence-corrected chi connectivity index (χ0v) is 11.4. The average molecular weight is 267 g/mol. The molecule has 1 aliphatic rings. The van der Waals surface area contributed by atoms with Crippen molar-refractivity contribution in [2.75, 3.05) is 18.6 Å². The fourth-order valence-electron chi connectivity index (χ4n) is 2.02. The minimum atomic E-state index is -2.90. The number of hydrogen-bond donors (Lipinski definition) is 0. The highest BCUT2D eigenvalue weighted by atomic mass is 32.2. The second-order valence-electron chi connectivity index (χ2n) is 4.87. The van der Waals surface area contributed by atoms with Crippen molar-refractivity contribution in [3.8, 4) is 5.75 Å². The van der Waals surface area contributed by atoms with Gasteiger partial charge >= 0.3 is 0 Å². The van der Waals surface area contributed by atoms with Crippen molar-refractivity contribution >= 4 is 16.1 Å². The summed E-state index contributed by atoms with van der Waals surface area (Å²) in [4.78, 5) is 4.43. The molecule has 0 saturated carbocycles. The van der Waals surface area contributed by atoms with E-state index in [1.165, 1.54) is 0 Å². The predicted molar refractivity (Wildman–Crippen MR) is 72.3 cm³/mol. The van der Waals surface area contributed by atoms with Crippen LogP contribution in [-0.2, 0) is 9.84 Å². The molecule has 0 unspecified atom stereocenters. The summed E-state index contributed by atoms with van der Waals surface area (Å²) in [5.41, 5.74) is 0.472. The first-order chi connectivity index (χ1) is 8.42. The number of benzene rings is 1. The first-order valence-electron chi connectivity index (χ1n) is 5.82. The van der Waals surface area contributed by atoms with Crippen LogP contribution in [0.4, 0.5) is 0 Å². The summed E-state index contributed by atoms with van der Waals surface area (Å²) in [5.74, 6) is 1.18. The van der Waals surface area contributed by atoms with Crippen LogP contribution < -0.4 is 4.74 Å². The summed E-state index contributed by atoms with van der Waals surface area (Å²) < 4.78 is 28.0. The number of sulfone groups is 1. The van der Waals surface area contributed by atoms with Crippen LogP contribution in [0, 0.1) is 0 Å². The summed E-state index contributed by atoms with van der Waals surface area (Å²) in [6.07, 6.45) is 2.34. The first-order valence-corrected chi connectivity index (χ1v) is 7.64. The number of hydrogen-bond acceptors (Lipinski definition) is 4. The molecule has 1 fully saturated rings. The molecule has 0 spiro atoms. The van der Waals surface area contributed by atoms with Crippen LogP contribution in [0.25, 0.3) is 0 Å². The van der Waals surface area contributed by atoms with E-state index in [-0.39, 0.29) is 11.5 Å². The molecule has 0 N–H and O–H groups in total. The standard InChI is InChI=1S/C13H17NO3S/c1-13(7-8-18(15,16)10-13)14-9-11-3-5-12(17-2)6-4-11/h3-6,9H,7-8,10H2,1-2H3/t13-/m1/s1. The van der Waals surface area contributed by atoms with E-state index < -0.39 is 15.4 Å². The topological polar surface area (TPSA) is 55.7 Å². The largest absolute Gasteiger partial charge is 0.497 e. The lowest BCUT2D eigenvalue weighted by molar-refractivity contribution is 0.415. The fraction of sp³-hybridized carbons (Fsp3) is 0.462. The van der Waals surface area contributed by atoms with Gasteiger partial charge in [0.25, 0.3) is 0 Å². The molecule has 1 heterocycles. The number of ether oxygens (including phenoxy) is 1. The van der Waals surface area contributed by atoms with E-state index in [1.54, 1.807) is 13.3 Å². The Balaban J connectivity index is 2.11. The highest BCUT2D eigenvalue weighted by Crippen LogP contribution is 2.26. The minimum Gasteiger partial charge on any atom is -0.497 e. The van der Waals surface area contributed by atoms with Gasteiger partial charge in [0.2, 0.25) is 0 Å². The minimum absolute atomic E-state index is 0.145. The highest BCUT2D eigenvalue weighted by molar-refractivity contribution is 7.91. The lowest BCUT2D eigenvalue weighted by Crippen LogP contribution is -2.23. The Morgan fingerprint density at radius 3 is 2.50 bits per heavy atom. The number of rotatable bonds is 3. The smallest absolute Gasteiger partial charge is 0.152 e. The molecule has 1 aromatic carbocycles. The molecule has 1 atom stereocenters. The summed E-state index contributed by atoms with van der Waals surface area (Å²) in [5, 5.41) is 0. The third-order valence-corrected chi connectivity index (χ3v) is 5.01. The van der Waals surface area contributed by atoms with Gasteiger partial charge in [0.1, 0.15) is 5.75 Å². The molecule has 0 radical (unpaired) electrons. The SMILES string of the molecule is COc1ccc(C=N[C@]2(C)CCS(=O)(=O)C2)cc1. The Hall–Kier alpha value is -1.36. The van der Waals surface area contributed by atoms with E-state index in [1.807, 2.05) is 31.2 Å². The van der Waals surface area contributed by atoms with Gasteiger partial charge < -0.3 is 4.74 Å². The van der Waals surface area contributed by atoms with Gasteiger partial charge in [0.15, 0.2) is 9.84 Å². The van der Waals surface area contributed by atoms with Gasteiger partial charge in [-0.05, 0) is 43.2 Å². The lowest BCUT2D eigenvalue weighted by atomic mass is 10.0. The van der Waals surface area contributed by atoms with Crippen molar-refractivity contribution in [2.24, 2.45) is 4.99 Å². The Morgan fingerprint density at radius 2 is 2.00 bits per heavy atom. The van der Waals surface area contributed by atoms with Gasteiger partial charge in [0, 0.05) is 6.21 Å². The zero-order valence-electron chi connectivity index (χ0n) is 10.6. The zero-order chi connectivity index (χ0) is 13.2. The molecule has 4 nitrogen and oxygen atoms in total. The highest BCUT2D eigenvalue weighted by Gasteiger charge is 2.37. The third kappa shape index (κ3) is 3.10. The fourth-order valence-corrected chi connectivity index (χ4v) is 4.08. The number of methoxy groups -OCH3 is 1. The summed E-state index contributed by atoms with van der Waals surface area (Å²) in [7, 11) is -1.28. The van der Waals surface area contributed by atoms with Gasteiger partial charge in [-0.3, -0.25) is 4.99 Å². The molecular weight excluding hydrogens is 250 g/mol. The second-order valence-corrected chi connectivity index (χ2v) is 7.05. The third-order valence-electron chi connectivity index (χ3n) is 3.12. The summed E-state index contributed by atoms with van der Waals surface area (Å²) >= 11 is 0. The maximum Gasteiger partial charge on any atom is 0.152 e. The molecule has 0 bridgehead atoms. The van der Waals surface area contributed by atoms with E-state index in [0.29, 0.717) is 6.42 Å². The average Bonchev–Trinajstić information content (AvgIpc) is 2.62. The Morgan fingerprint density at radius 1 is 1.33 bits per heavy atom. The van der Waals surface area contributed by atoms with Crippen LogP contribution in [0.5, 0.6) is 5.75 Å². The molecule has 18 heavy (non-hydrogen) atoms. The molecule has 1 aromatic rings. The van der Waals surface area contributed by atoms with Crippen molar-refractivity contribution in [3.05, 3.63) is 29.8 Å². The lowest BCUT2D eigenvalue weighted by Gasteiger charge is -2.15. The van der Waals surface area contributed by atoms with E-state index in [2.05, 4.69) is 4.99 Å². The molecule has 2 rings (SSSR count). The van der Waals surface area contributed by atoms with Gasteiger partial charge in [0.05, 0.1) is 24.2 Å². The van der Waals surface area contributed by atoms with Crippen molar-refractivity contribution < 1.29 is 13.2 Å². The molecular formula is C13H17NO3S. The van der Waals surface area contributed by atoms with Crippen LogP contribution in [0.3, 0.4) is 0 Å². The Kier molecular flexibility index (Phi) is 3.43. The van der Waals surface area contributed by atoms with Crippen molar-refractivity contribution in [3.63, 3.8) is 0 Å². The summed E-state index contributed by atoms with van der Waals surface area (Å²) in [6, 6.07) is 7.51. The van der Waals surface area contributed by atoms with Crippen molar-refractivity contribution in [2.45, 2.75) is 18.9 Å². The molecule has 5 heteroatoms. The van der Waals surface area contributed by atoms with Crippen LogP contribution in [0.2, 0.25) is 0 Å². The quantitative estimate of drug-likeness (QED) is 0.783. The van der Waals surface area contributed by atoms with Gasteiger partial charge in [-0.15, -0.1) is 0 Å². The Labute approximate surface area is 108 Å². The normalized spacial score (nSPS) is 26.6. The van der Waals surface area contributed by atoms with Crippen LogP contribution >= 0.6 is 0 Å². The molecule has 0 aliphatic carbocycles. The van der Waals surface area contributed by atoms with E-state index in [0.717, 1.165) is 11.3 Å². The predicted octanol–water partition coefficient (Wildman–Crippen LogP) is 1.69. The van der Waals surface area contributed by atoms with Crippen molar-refractivity contribution in [1.29, 1.82) is 0 Å². The maximum absolute atomic E-state index is 11.5.